The van der Waals surface area contributed by atoms with Crippen LogP contribution in [0.25, 0.3) is 0 Å². The fraction of sp³-hybridized carbons (Fsp3) is 0.600. The first-order chi connectivity index (χ1) is 7.25. The van der Waals surface area contributed by atoms with Gasteiger partial charge < -0.3 is 5.11 Å². The number of thioether (sulfide) groups is 1. The van der Waals surface area contributed by atoms with E-state index in [0.717, 1.165) is 9.88 Å². The molecule has 0 aromatic carbocycles. The van der Waals surface area contributed by atoms with Crippen LogP contribution in [-0.2, 0) is 11.2 Å². The van der Waals surface area contributed by atoms with Crippen molar-refractivity contribution in [1.29, 1.82) is 0 Å². The van der Waals surface area contributed by atoms with E-state index in [4.69, 9.17) is 5.11 Å². The van der Waals surface area contributed by atoms with E-state index in [0.29, 0.717) is 5.92 Å². The first-order valence-electron chi connectivity index (χ1n) is 5.00. The molecule has 82 valence electrons. The lowest BCUT2D eigenvalue weighted by atomic mass is 10.0. The molecular formula is C10H13NO2S2. The van der Waals surface area contributed by atoms with Gasteiger partial charge in [-0.2, -0.15) is 11.8 Å². The van der Waals surface area contributed by atoms with Crippen LogP contribution in [-0.4, -0.2) is 27.6 Å². The summed E-state index contributed by atoms with van der Waals surface area (Å²) < 4.78 is 0. The predicted molar refractivity (Wildman–Crippen MR) is 62.8 cm³/mol. The van der Waals surface area contributed by atoms with Crippen molar-refractivity contribution in [3.63, 3.8) is 0 Å². The highest BCUT2D eigenvalue weighted by molar-refractivity contribution is 7.99. The Bertz CT molecular complexity index is 345. The Morgan fingerprint density at radius 3 is 2.93 bits per heavy atom. The number of carbonyl (C=O) groups is 1. The molecule has 15 heavy (non-hydrogen) atoms. The molecule has 1 fully saturated rings. The molecule has 1 aromatic rings. The average molecular weight is 243 g/mol. The number of carboxylic acid groups (broad SMARTS) is 1. The molecule has 3 nitrogen and oxygen atoms in total. The van der Waals surface area contributed by atoms with E-state index in [2.05, 4.69) is 4.98 Å². The molecule has 0 atom stereocenters. The summed E-state index contributed by atoms with van der Waals surface area (Å²) in [6.07, 6.45) is 4.20. The lowest BCUT2D eigenvalue weighted by Gasteiger charge is -2.18. The van der Waals surface area contributed by atoms with Gasteiger partial charge in [-0.05, 0) is 24.3 Å². The van der Waals surface area contributed by atoms with Crippen LogP contribution >= 0.6 is 23.1 Å². The van der Waals surface area contributed by atoms with E-state index in [1.165, 1.54) is 24.3 Å². The Hall–Kier alpha value is -0.550. The number of aliphatic carboxylic acids is 1. The first-order valence-corrected chi connectivity index (χ1v) is 6.97. The minimum atomic E-state index is -0.774. The molecule has 0 bridgehead atoms. The van der Waals surface area contributed by atoms with Gasteiger partial charge in [0.25, 0.3) is 0 Å². The van der Waals surface area contributed by atoms with Crippen LogP contribution in [0.1, 0.15) is 28.6 Å². The van der Waals surface area contributed by atoms with Crippen LogP contribution in [0.5, 0.6) is 0 Å². The fourth-order valence-corrected chi connectivity index (χ4v) is 3.87. The van der Waals surface area contributed by atoms with Crippen LogP contribution in [0.3, 0.4) is 0 Å². The van der Waals surface area contributed by atoms with Crippen molar-refractivity contribution in [2.24, 2.45) is 0 Å². The van der Waals surface area contributed by atoms with Crippen molar-refractivity contribution in [2.45, 2.75) is 25.2 Å². The summed E-state index contributed by atoms with van der Waals surface area (Å²) in [6.45, 7) is 0. The Morgan fingerprint density at radius 1 is 1.53 bits per heavy atom. The van der Waals surface area contributed by atoms with Gasteiger partial charge in [-0.3, -0.25) is 4.79 Å². The lowest BCUT2D eigenvalue weighted by molar-refractivity contribution is -0.136. The molecule has 5 heteroatoms. The van der Waals surface area contributed by atoms with Crippen molar-refractivity contribution in [3.8, 4) is 0 Å². The van der Waals surface area contributed by atoms with Crippen molar-refractivity contribution in [3.05, 3.63) is 16.1 Å². The second-order valence-electron chi connectivity index (χ2n) is 3.62. The second kappa shape index (κ2) is 4.99. The molecule has 0 aliphatic carbocycles. The number of thiazole rings is 1. The Labute approximate surface area is 96.9 Å². The molecule has 1 N–H and O–H groups in total. The van der Waals surface area contributed by atoms with Crippen LogP contribution in [0, 0.1) is 0 Å². The highest BCUT2D eigenvalue weighted by Crippen LogP contribution is 2.33. The summed E-state index contributed by atoms with van der Waals surface area (Å²) in [4.78, 5) is 15.7. The monoisotopic (exact) mass is 243 g/mol. The zero-order valence-corrected chi connectivity index (χ0v) is 9.94. The summed E-state index contributed by atoms with van der Waals surface area (Å²) in [5, 5.41) is 9.79. The Morgan fingerprint density at radius 2 is 2.27 bits per heavy atom. The van der Waals surface area contributed by atoms with Gasteiger partial charge in [0.2, 0.25) is 0 Å². The van der Waals surface area contributed by atoms with E-state index in [9.17, 15) is 4.79 Å². The molecule has 0 saturated carbocycles. The van der Waals surface area contributed by atoms with Crippen LogP contribution < -0.4 is 0 Å². The highest BCUT2D eigenvalue weighted by Gasteiger charge is 2.19. The standard InChI is InChI=1S/C10H13NO2S2/c12-9(13)5-8-6-11-10(15-8)7-1-3-14-4-2-7/h6-7H,1-5H2,(H,12,13). The molecule has 2 rings (SSSR count). The third kappa shape index (κ3) is 2.95. The number of nitrogens with zero attached hydrogens (tertiary/aromatic N) is 1. The fourth-order valence-electron chi connectivity index (χ4n) is 1.69. The molecule has 1 aliphatic rings. The molecular weight excluding hydrogens is 230 g/mol. The maximum Gasteiger partial charge on any atom is 0.308 e. The molecule has 0 amide bonds. The van der Waals surface area contributed by atoms with Gasteiger partial charge in [-0.25, -0.2) is 4.98 Å². The summed E-state index contributed by atoms with van der Waals surface area (Å²) >= 11 is 3.56. The molecule has 1 aromatic heterocycles. The lowest BCUT2D eigenvalue weighted by Crippen LogP contribution is -2.07. The van der Waals surface area contributed by atoms with E-state index in [1.807, 2.05) is 11.8 Å². The average Bonchev–Trinajstić information content (AvgIpc) is 2.67. The van der Waals surface area contributed by atoms with E-state index >= 15 is 0 Å². The maximum absolute atomic E-state index is 10.5. The number of carboxylic acids is 1. The van der Waals surface area contributed by atoms with Gasteiger partial charge in [0, 0.05) is 17.0 Å². The zero-order chi connectivity index (χ0) is 10.7. The van der Waals surface area contributed by atoms with Crippen molar-refractivity contribution in [2.75, 3.05) is 11.5 Å². The predicted octanol–water partition coefficient (Wildman–Crippen LogP) is 2.38. The highest BCUT2D eigenvalue weighted by atomic mass is 32.2. The van der Waals surface area contributed by atoms with E-state index < -0.39 is 5.97 Å². The normalized spacial score (nSPS) is 17.9. The summed E-state index contributed by atoms with van der Waals surface area (Å²) in [7, 11) is 0. The number of hydrogen-bond acceptors (Lipinski definition) is 4. The van der Waals surface area contributed by atoms with Crippen LogP contribution in [0.4, 0.5) is 0 Å². The molecule has 1 saturated heterocycles. The van der Waals surface area contributed by atoms with Crippen molar-refractivity contribution >= 4 is 29.1 Å². The van der Waals surface area contributed by atoms with E-state index in [1.54, 1.807) is 17.5 Å². The maximum atomic E-state index is 10.5. The molecule has 2 heterocycles. The molecule has 0 spiro atoms. The van der Waals surface area contributed by atoms with Gasteiger partial charge in [0.15, 0.2) is 0 Å². The van der Waals surface area contributed by atoms with E-state index in [-0.39, 0.29) is 6.42 Å². The zero-order valence-electron chi connectivity index (χ0n) is 8.31. The largest absolute Gasteiger partial charge is 0.481 e. The van der Waals surface area contributed by atoms with Gasteiger partial charge in [0.1, 0.15) is 0 Å². The second-order valence-corrected chi connectivity index (χ2v) is 5.99. The van der Waals surface area contributed by atoms with Crippen molar-refractivity contribution < 1.29 is 9.90 Å². The number of hydrogen-bond donors (Lipinski definition) is 1. The summed E-state index contributed by atoms with van der Waals surface area (Å²) in [5.74, 6) is 2.21. The minimum absolute atomic E-state index is 0.110. The minimum Gasteiger partial charge on any atom is -0.481 e. The summed E-state index contributed by atoms with van der Waals surface area (Å²) in [5.41, 5.74) is 0. The van der Waals surface area contributed by atoms with Gasteiger partial charge in [-0.15, -0.1) is 11.3 Å². The number of aromatic nitrogens is 1. The smallest absolute Gasteiger partial charge is 0.308 e. The number of rotatable bonds is 3. The third-order valence-corrected chi connectivity index (χ3v) is 4.68. The topological polar surface area (TPSA) is 50.2 Å². The van der Waals surface area contributed by atoms with Gasteiger partial charge in [0.05, 0.1) is 11.4 Å². The van der Waals surface area contributed by atoms with Crippen LogP contribution in [0.2, 0.25) is 0 Å². The molecule has 0 radical (unpaired) electrons. The first kappa shape index (κ1) is 11.0. The van der Waals surface area contributed by atoms with Crippen LogP contribution in [0.15, 0.2) is 6.20 Å². The van der Waals surface area contributed by atoms with Gasteiger partial charge in [-0.1, -0.05) is 0 Å². The SMILES string of the molecule is O=C(O)Cc1cnc(C2CCSCC2)s1. The molecule has 1 aliphatic heterocycles. The van der Waals surface area contributed by atoms with Gasteiger partial charge >= 0.3 is 5.97 Å². The Balaban J connectivity index is 2.02. The Kier molecular flexibility index (Phi) is 3.64. The third-order valence-electron chi connectivity index (χ3n) is 2.47. The molecule has 0 unspecified atom stereocenters. The summed E-state index contributed by atoms with van der Waals surface area (Å²) in [6, 6.07) is 0. The quantitative estimate of drug-likeness (QED) is 0.885. The van der Waals surface area contributed by atoms with Crippen molar-refractivity contribution in [1.82, 2.24) is 4.98 Å².